The first-order valence-corrected chi connectivity index (χ1v) is 6.07. The number of rotatable bonds is 4. The predicted molar refractivity (Wildman–Crippen MR) is 78.0 cm³/mol. The third-order valence-electron chi connectivity index (χ3n) is 2.09. The quantitative estimate of drug-likeness (QED) is 0.326. The highest BCUT2D eigenvalue weighted by Gasteiger charge is 2.03. The molecule has 1 rings (SSSR count). The van der Waals surface area contributed by atoms with Gasteiger partial charge in [-0.1, -0.05) is 0 Å². The summed E-state index contributed by atoms with van der Waals surface area (Å²) < 4.78 is 0. The van der Waals surface area contributed by atoms with Crippen molar-refractivity contribution in [3.8, 4) is 0 Å². The molecule has 0 saturated heterocycles. The molecule has 1 aromatic rings. The van der Waals surface area contributed by atoms with Crippen LogP contribution in [-0.2, 0) is 0 Å². The minimum Gasteiger partial charge on any atom is -0.363 e. The lowest BCUT2D eigenvalue weighted by Crippen LogP contribution is -2.38. The topological polar surface area (TPSA) is 88.7 Å². The molecule has 0 bridgehead atoms. The van der Waals surface area contributed by atoms with Crippen LogP contribution in [0.3, 0.4) is 0 Å². The molecule has 5 N–H and O–H groups in total. The highest BCUT2D eigenvalue weighted by Crippen LogP contribution is 2.12. The number of nitrogens with zero attached hydrogens (tertiary/aromatic N) is 1. The summed E-state index contributed by atoms with van der Waals surface area (Å²) in [5.74, 6) is 0. The van der Waals surface area contributed by atoms with E-state index in [9.17, 15) is 4.79 Å². The Morgan fingerprint density at radius 2 is 1.89 bits per heavy atom. The van der Waals surface area contributed by atoms with Crippen molar-refractivity contribution in [1.82, 2.24) is 15.8 Å². The maximum Gasteiger partial charge on any atom is 0.359 e. The van der Waals surface area contributed by atoms with Gasteiger partial charge in [0.2, 0.25) is 0 Å². The van der Waals surface area contributed by atoms with Gasteiger partial charge in [0.1, 0.15) is 0 Å². The fourth-order valence-electron chi connectivity index (χ4n) is 1.18. The monoisotopic (exact) mass is 283 g/mol. The molecule has 8 heteroatoms. The van der Waals surface area contributed by atoms with Gasteiger partial charge in [-0.2, -0.15) is 0 Å². The van der Waals surface area contributed by atoms with Crippen LogP contribution in [0.5, 0.6) is 0 Å². The summed E-state index contributed by atoms with van der Waals surface area (Å²) in [4.78, 5) is 11.1. The summed E-state index contributed by atoms with van der Waals surface area (Å²) in [6.07, 6.45) is 0. The zero-order valence-corrected chi connectivity index (χ0v) is 11.5. The Morgan fingerprint density at radius 3 is 2.42 bits per heavy atom. The van der Waals surface area contributed by atoms with Gasteiger partial charge < -0.3 is 10.6 Å². The highest BCUT2D eigenvalue weighted by molar-refractivity contribution is 7.80. The molecular formula is C11H17N5O2S. The minimum atomic E-state index is -0.657. The van der Waals surface area contributed by atoms with Gasteiger partial charge in [0.05, 0.1) is 5.69 Å². The van der Waals surface area contributed by atoms with Crippen LogP contribution in [0.2, 0.25) is 0 Å². The van der Waals surface area contributed by atoms with Crippen molar-refractivity contribution in [2.45, 2.75) is 6.92 Å². The maximum atomic E-state index is 11.1. The second-order valence-electron chi connectivity index (χ2n) is 3.64. The summed E-state index contributed by atoms with van der Waals surface area (Å²) in [6.45, 7) is 2.72. The van der Waals surface area contributed by atoms with Crippen molar-refractivity contribution in [3.05, 3.63) is 24.3 Å². The zero-order chi connectivity index (χ0) is 14.3. The number of hydroxylamine groups is 2. The van der Waals surface area contributed by atoms with Crippen molar-refractivity contribution in [1.29, 1.82) is 0 Å². The maximum absolute atomic E-state index is 11.1. The Balaban J connectivity index is 2.47. The number of benzene rings is 1. The van der Waals surface area contributed by atoms with Crippen LogP contribution in [0.25, 0.3) is 0 Å². The molecule has 1 aromatic carbocycles. The van der Waals surface area contributed by atoms with E-state index < -0.39 is 6.03 Å². The van der Waals surface area contributed by atoms with Crippen LogP contribution in [-0.4, -0.2) is 35.0 Å². The molecule has 0 aromatic heterocycles. The minimum absolute atomic E-state index is 0.442. The van der Waals surface area contributed by atoms with E-state index in [-0.39, 0.29) is 0 Å². The molecule has 0 radical (unpaired) electrons. The van der Waals surface area contributed by atoms with Crippen molar-refractivity contribution in [2.75, 3.05) is 24.3 Å². The molecule has 0 aliphatic rings. The number of carbonyl (C=O) groups excluding carboxylic acids is 1. The smallest absolute Gasteiger partial charge is 0.359 e. The van der Waals surface area contributed by atoms with Gasteiger partial charge in [-0.3, -0.25) is 10.6 Å². The van der Waals surface area contributed by atoms with Crippen molar-refractivity contribution >= 4 is 34.7 Å². The van der Waals surface area contributed by atoms with Gasteiger partial charge >= 0.3 is 6.03 Å². The molecule has 0 heterocycles. The highest BCUT2D eigenvalue weighted by atomic mass is 32.1. The normalized spacial score (nSPS) is 9.42. The van der Waals surface area contributed by atoms with Crippen LogP contribution < -0.4 is 21.5 Å². The second-order valence-corrected chi connectivity index (χ2v) is 4.05. The lowest BCUT2D eigenvalue weighted by Gasteiger charge is -2.13. The molecule has 19 heavy (non-hydrogen) atoms. The number of carbonyl (C=O) groups is 1. The predicted octanol–water partition coefficient (Wildman–Crippen LogP) is 1.35. The number of urea groups is 1. The van der Waals surface area contributed by atoms with E-state index in [0.29, 0.717) is 15.9 Å². The van der Waals surface area contributed by atoms with Gasteiger partial charge in [-0.15, -0.1) is 0 Å². The Hall–Kier alpha value is -2.06. The van der Waals surface area contributed by atoms with E-state index in [2.05, 4.69) is 21.5 Å². The fourth-order valence-corrected chi connectivity index (χ4v) is 1.44. The van der Waals surface area contributed by atoms with E-state index in [0.717, 1.165) is 12.2 Å². The van der Waals surface area contributed by atoms with Gasteiger partial charge in [0.25, 0.3) is 0 Å². The van der Waals surface area contributed by atoms with Crippen LogP contribution >= 0.6 is 12.2 Å². The van der Waals surface area contributed by atoms with Gasteiger partial charge in [0, 0.05) is 19.3 Å². The molecule has 2 amide bonds. The van der Waals surface area contributed by atoms with Gasteiger partial charge in [-0.25, -0.2) is 15.3 Å². The number of anilines is 2. The molecular weight excluding hydrogens is 266 g/mol. The second kappa shape index (κ2) is 7.39. The molecule has 104 valence electrons. The Kier molecular flexibility index (Phi) is 5.83. The molecule has 0 aliphatic heterocycles. The Labute approximate surface area is 116 Å². The molecule has 0 unspecified atom stereocenters. The first kappa shape index (κ1) is 15.0. The molecule has 0 atom stereocenters. The molecule has 7 nitrogen and oxygen atoms in total. The van der Waals surface area contributed by atoms with Crippen LogP contribution in [0.15, 0.2) is 24.3 Å². The molecule has 0 aliphatic carbocycles. The number of nitrogens with one attached hydrogen (secondary N) is 4. The summed E-state index contributed by atoms with van der Waals surface area (Å²) in [6, 6.07) is 6.47. The van der Waals surface area contributed by atoms with Crippen molar-refractivity contribution in [2.24, 2.45) is 0 Å². The zero-order valence-electron chi connectivity index (χ0n) is 10.7. The fraction of sp³-hybridized carbons (Fsp3) is 0.273. The number of amides is 2. The van der Waals surface area contributed by atoms with E-state index in [1.807, 2.05) is 6.92 Å². The summed E-state index contributed by atoms with van der Waals surface area (Å²) in [5.41, 5.74) is 6.47. The lowest BCUT2D eigenvalue weighted by molar-refractivity contribution is -0.0174. The Bertz CT molecular complexity index is 435. The molecule has 0 fully saturated rings. The standard InChI is InChI=1S/C11H17N5O2S/c1-3-12-10(19)13-8-4-6-9(7-5-8)14-15-11(17)16(2)18/h4-7,14,18H,3H2,1-2H3,(H,15,17)(H2,12,13,19). The largest absolute Gasteiger partial charge is 0.363 e. The number of thiocarbonyl (C=S) groups is 1. The number of hydrazine groups is 1. The third kappa shape index (κ3) is 5.40. The van der Waals surface area contributed by atoms with Crippen LogP contribution in [0.1, 0.15) is 6.92 Å². The average Bonchev–Trinajstić information content (AvgIpc) is 2.37. The Morgan fingerprint density at radius 1 is 1.32 bits per heavy atom. The molecule has 0 spiro atoms. The third-order valence-corrected chi connectivity index (χ3v) is 2.33. The first-order valence-electron chi connectivity index (χ1n) is 5.66. The van der Waals surface area contributed by atoms with Crippen molar-refractivity contribution in [3.63, 3.8) is 0 Å². The van der Waals surface area contributed by atoms with Crippen LogP contribution in [0, 0.1) is 0 Å². The lowest BCUT2D eigenvalue weighted by atomic mass is 10.3. The van der Waals surface area contributed by atoms with E-state index in [1.54, 1.807) is 24.3 Å². The van der Waals surface area contributed by atoms with E-state index in [1.165, 1.54) is 7.05 Å². The summed E-state index contributed by atoms with van der Waals surface area (Å²) in [7, 11) is 1.23. The molecule has 0 saturated carbocycles. The summed E-state index contributed by atoms with van der Waals surface area (Å²) >= 11 is 5.05. The van der Waals surface area contributed by atoms with Crippen LogP contribution in [0.4, 0.5) is 16.2 Å². The van der Waals surface area contributed by atoms with E-state index in [4.69, 9.17) is 17.4 Å². The SMILES string of the molecule is CCNC(=S)Nc1ccc(NNC(=O)N(C)O)cc1. The van der Waals surface area contributed by atoms with Gasteiger partial charge in [-0.05, 0) is 43.4 Å². The average molecular weight is 283 g/mol. The number of hydrogen-bond donors (Lipinski definition) is 5. The van der Waals surface area contributed by atoms with Gasteiger partial charge in [0.15, 0.2) is 5.11 Å². The first-order chi connectivity index (χ1) is 9.02. The van der Waals surface area contributed by atoms with E-state index >= 15 is 0 Å². The summed E-state index contributed by atoms with van der Waals surface area (Å²) in [5, 5.41) is 15.8. The van der Waals surface area contributed by atoms with Crippen molar-refractivity contribution < 1.29 is 10.0 Å². The number of hydrogen-bond acceptors (Lipinski definition) is 4.